The molecule has 1 aliphatic heterocycles. The van der Waals surface area contributed by atoms with Gasteiger partial charge in [0, 0.05) is 34.6 Å². The van der Waals surface area contributed by atoms with Crippen molar-refractivity contribution in [1.82, 2.24) is 4.90 Å². The van der Waals surface area contributed by atoms with Crippen LogP contribution in [0.15, 0.2) is 12.1 Å². The molecular weight excluding hydrogens is 224 g/mol. The van der Waals surface area contributed by atoms with E-state index < -0.39 is 0 Å². The van der Waals surface area contributed by atoms with E-state index in [1.165, 1.54) is 27.7 Å². The van der Waals surface area contributed by atoms with Crippen LogP contribution in [-0.2, 0) is 13.1 Å². The zero-order valence-electron chi connectivity index (χ0n) is 9.11. The van der Waals surface area contributed by atoms with E-state index in [-0.39, 0.29) is 0 Å². The molecule has 4 heteroatoms. The molecule has 2 heterocycles. The molecule has 2 nitrogen and oxygen atoms in total. The maximum Gasteiger partial charge on any atom is 0.0328 e. The summed E-state index contributed by atoms with van der Waals surface area (Å²) < 4.78 is 0. The van der Waals surface area contributed by atoms with Gasteiger partial charge in [-0.05, 0) is 31.4 Å². The summed E-state index contributed by atoms with van der Waals surface area (Å²) in [6.45, 7) is 1.75. The Morgan fingerprint density at radius 3 is 2.87 bits per heavy atom. The monoisotopic (exact) mass is 242 g/mol. The number of hydrogen-bond acceptors (Lipinski definition) is 4. The van der Waals surface area contributed by atoms with Crippen molar-refractivity contribution in [2.24, 2.45) is 5.73 Å². The van der Waals surface area contributed by atoms with E-state index in [4.69, 9.17) is 5.73 Å². The highest BCUT2D eigenvalue weighted by atomic mass is 32.2. The number of thiophene rings is 1. The molecule has 2 rings (SSSR count). The largest absolute Gasteiger partial charge is 0.326 e. The van der Waals surface area contributed by atoms with Crippen LogP contribution in [-0.4, -0.2) is 29.5 Å². The van der Waals surface area contributed by atoms with Gasteiger partial charge in [0.25, 0.3) is 0 Å². The maximum atomic E-state index is 5.61. The molecule has 0 aromatic carbocycles. The van der Waals surface area contributed by atoms with E-state index in [2.05, 4.69) is 35.8 Å². The number of hydrogen-bond donors (Lipinski definition) is 1. The Morgan fingerprint density at radius 2 is 2.27 bits per heavy atom. The smallest absolute Gasteiger partial charge is 0.0328 e. The number of nitrogens with two attached hydrogens (primary N) is 1. The van der Waals surface area contributed by atoms with Crippen LogP contribution < -0.4 is 5.73 Å². The highest BCUT2D eigenvalue weighted by Gasteiger charge is 2.20. The zero-order chi connectivity index (χ0) is 10.7. The summed E-state index contributed by atoms with van der Waals surface area (Å²) in [6.07, 6.45) is 1.34. The predicted octanol–water partition coefficient (Wildman–Crippen LogP) is 2.14. The second kappa shape index (κ2) is 5.34. The normalized spacial score (nSPS) is 21.4. The second-order valence-corrected chi connectivity index (χ2v) is 6.41. The van der Waals surface area contributed by atoms with Gasteiger partial charge in [-0.1, -0.05) is 0 Å². The summed E-state index contributed by atoms with van der Waals surface area (Å²) in [6, 6.07) is 5.14. The van der Waals surface area contributed by atoms with E-state index in [9.17, 15) is 0 Å². The molecule has 15 heavy (non-hydrogen) atoms. The minimum atomic E-state index is 0.674. The summed E-state index contributed by atoms with van der Waals surface area (Å²) in [4.78, 5) is 5.21. The van der Waals surface area contributed by atoms with E-state index in [0.717, 1.165) is 12.6 Å². The minimum absolute atomic E-state index is 0.674. The van der Waals surface area contributed by atoms with E-state index >= 15 is 0 Å². The van der Waals surface area contributed by atoms with Gasteiger partial charge < -0.3 is 5.73 Å². The first-order valence-electron chi connectivity index (χ1n) is 5.35. The molecule has 2 N–H and O–H groups in total. The predicted molar refractivity (Wildman–Crippen MR) is 69.4 cm³/mol. The van der Waals surface area contributed by atoms with Crippen LogP contribution in [0.4, 0.5) is 0 Å². The van der Waals surface area contributed by atoms with Gasteiger partial charge in [-0.2, -0.15) is 11.8 Å². The molecule has 0 bridgehead atoms. The van der Waals surface area contributed by atoms with E-state index in [0.29, 0.717) is 6.54 Å². The fourth-order valence-electron chi connectivity index (χ4n) is 1.86. The summed E-state index contributed by atoms with van der Waals surface area (Å²) in [7, 11) is 2.23. The van der Waals surface area contributed by atoms with Crippen molar-refractivity contribution in [3.05, 3.63) is 21.9 Å². The first-order chi connectivity index (χ1) is 7.29. The Morgan fingerprint density at radius 1 is 1.47 bits per heavy atom. The molecule has 0 saturated carbocycles. The van der Waals surface area contributed by atoms with Gasteiger partial charge in [0.05, 0.1) is 0 Å². The van der Waals surface area contributed by atoms with Gasteiger partial charge in [0.15, 0.2) is 0 Å². The minimum Gasteiger partial charge on any atom is -0.326 e. The average molecular weight is 242 g/mol. The van der Waals surface area contributed by atoms with Crippen LogP contribution in [0.5, 0.6) is 0 Å². The van der Waals surface area contributed by atoms with Crippen molar-refractivity contribution in [2.75, 3.05) is 18.6 Å². The average Bonchev–Trinajstić information content (AvgIpc) is 2.87. The fourth-order valence-corrected chi connectivity index (χ4v) is 4.12. The third-order valence-electron chi connectivity index (χ3n) is 2.85. The Kier molecular flexibility index (Phi) is 4.08. The molecule has 1 aliphatic rings. The lowest BCUT2D eigenvalue weighted by molar-refractivity contribution is 0.256. The van der Waals surface area contributed by atoms with Crippen molar-refractivity contribution in [2.45, 2.75) is 25.6 Å². The Labute approximate surface area is 99.8 Å². The first-order valence-corrected chi connectivity index (χ1v) is 7.32. The van der Waals surface area contributed by atoms with Gasteiger partial charge in [-0.15, -0.1) is 11.3 Å². The number of nitrogens with zero attached hydrogens (tertiary/aromatic N) is 1. The van der Waals surface area contributed by atoms with Gasteiger partial charge in [0.1, 0.15) is 0 Å². The maximum absolute atomic E-state index is 5.61. The number of thioether (sulfide) groups is 1. The Bertz CT molecular complexity index is 305. The van der Waals surface area contributed by atoms with Crippen molar-refractivity contribution in [1.29, 1.82) is 0 Å². The van der Waals surface area contributed by atoms with Gasteiger partial charge >= 0.3 is 0 Å². The third kappa shape index (κ3) is 2.97. The lowest BCUT2D eigenvalue weighted by Crippen LogP contribution is -2.30. The van der Waals surface area contributed by atoms with Crippen LogP contribution in [0, 0.1) is 0 Å². The van der Waals surface area contributed by atoms with Crippen molar-refractivity contribution >= 4 is 23.1 Å². The van der Waals surface area contributed by atoms with Crippen molar-refractivity contribution < 1.29 is 0 Å². The second-order valence-electron chi connectivity index (χ2n) is 4.00. The highest BCUT2D eigenvalue weighted by Crippen LogP contribution is 2.24. The quantitative estimate of drug-likeness (QED) is 0.877. The molecule has 1 atom stereocenters. The molecule has 84 valence electrons. The molecule has 1 unspecified atom stereocenters. The van der Waals surface area contributed by atoms with Crippen LogP contribution in [0.2, 0.25) is 0 Å². The summed E-state index contributed by atoms with van der Waals surface area (Å²) >= 11 is 3.92. The standard InChI is InChI=1S/C11H18N2S2/c1-13(9-4-5-14-8-9)7-11-3-2-10(6-12)15-11/h2-3,9H,4-8,12H2,1H3. The topological polar surface area (TPSA) is 29.3 Å². The van der Waals surface area contributed by atoms with Crippen LogP contribution >= 0.6 is 23.1 Å². The molecule has 0 spiro atoms. The van der Waals surface area contributed by atoms with Gasteiger partial charge in [0.2, 0.25) is 0 Å². The molecule has 0 aliphatic carbocycles. The van der Waals surface area contributed by atoms with Crippen LogP contribution in [0.25, 0.3) is 0 Å². The highest BCUT2D eigenvalue weighted by molar-refractivity contribution is 7.99. The van der Waals surface area contributed by atoms with Crippen molar-refractivity contribution in [3.63, 3.8) is 0 Å². The van der Waals surface area contributed by atoms with E-state index in [1.807, 2.05) is 11.3 Å². The lowest BCUT2D eigenvalue weighted by atomic mass is 10.2. The molecule has 0 amide bonds. The third-order valence-corrected chi connectivity index (χ3v) is 5.09. The molecular formula is C11H18N2S2. The molecule has 1 aromatic rings. The summed E-state index contributed by atoms with van der Waals surface area (Å²) in [5, 5.41) is 0. The molecule has 0 radical (unpaired) electrons. The van der Waals surface area contributed by atoms with E-state index in [1.54, 1.807) is 0 Å². The SMILES string of the molecule is CN(Cc1ccc(CN)s1)C1CCSC1. The van der Waals surface area contributed by atoms with Gasteiger partial charge in [-0.3, -0.25) is 4.90 Å². The van der Waals surface area contributed by atoms with Crippen LogP contribution in [0.3, 0.4) is 0 Å². The Hall–Kier alpha value is -0.0300. The molecule has 1 saturated heterocycles. The number of rotatable bonds is 4. The van der Waals surface area contributed by atoms with Crippen LogP contribution in [0.1, 0.15) is 16.2 Å². The summed E-state index contributed by atoms with van der Waals surface area (Å²) in [5.41, 5.74) is 5.61. The van der Waals surface area contributed by atoms with Gasteiger partial charge in [-0.25, -0.2) is 0 Å². The first kappa shape index (κ1) is 11.5. The summed E-state index contributed by atoms with van der Waals surface area (Å²) in [5.74, 6) is 2.62. The zero-order valence-corrected chi connectivity index (χ0v) is 10.7. The molecule has 1 fully saturated rings. The fraction of sp³-hybridized carbons (Fsp3) is 0.636. The lowest BCUT2D eigenvalue weighted by Gasteiger charge is -2.22. The van der Waals surface area contributed by atoms with Crippen molar-refractivity contribution in [3.8, 4) is 0 Å². The Balaban J connectivity index is 1.89. The molecule has 1 aromatic heterocycles.